The number of hydrogen-bond acceptors (Lipinski definition) is 5. The van der Waals surface area contributed by atoms with Gasteiger partial charge in [-0.1, -0.05) is 24.3 Å². The fraction of sp³-hybridized carbons (Fsp3) is 0.125. The first-order valence-electron chi connectivity index (χ1n) is 6.82. The molecule has 1 heterocycles. The summed E-state index contributed by atoms with van der Waals surface area (Å²) in [5, 5.41) is 10.7. The van der Waals surface area contributed by atoms with E-state index < -0.39 is 0 Å². The lowest BCUT2D eigenvalue weighted by molar-refractivity contribution is -0.114. The van der Waals surface area contributed by atoms with E-state index >= 15 is 0 Å². The highest BCUT2D eigenvalue weighted by Gasteiger charge is 2.12. The molecule has 1 amide bonds. The van der Waals surface area contributed by atoms with Crippen LogP contribution in [0.3, 0.4) is 0 Å². The number of rotatable bonds is 2. The molecular formula is C16H15N5O. The van der Waals surface area contributed by atoms with Crippen LogP contribution in [-0.2, 0) is 4.79 Å². The second-order valence-corrected chi connectivity index (χ2v) is 5.05. The van der Waals surface area contributed by atoms with Gasteiger partial charge in [-0.05, 0) is 30.2 Å². The highest BCUT2D eigenvalue weighted by atomic mass is 16.1. The number of anilines is 2. The zero-order valence-corrected chi connectivity index (χ0v) is 12.3. The predicted molar refractivity (Wildman–Crippen MR) is 86.2 cm³/mol. The van der Waals surface area contributed by atoms with E-state index in [0.29, 0.717) is 16.7 Å². The van der Waals surface area contributed by atoms with Gasteiger partial charge in [-0.3, -0.25) is 4.79 Å². The second kappa shape index (κ2) is 5.40. The molecule has 22 heavy (non-hydrogen) atoms. The number of aryl methyl sites for hydroxylation is 1. The van der Waals surface area contributed by atoms with Gasteiger partial charge in [0.05, 0.1) is 11.2 Å². The summed E-state index contributed by atoms with van der Waals surface area (Å²) in [5.74, 6) is -0.0471. The molecule has 0 saturated carbocycles. The summed E-state index contributed by atoms with van der Waals surface area (Å²) >= 11 is 0. The average Bonchev–Trinajstić information content (AvgIpc) is 2.47. The molecule has 0 aliphatic rings. The summed E-state index contributed by atoms with van der Waals surface area (Å²) in [6.07, 6.45) is 0. The molecule has 0 unspecified atom stereocenters. The SMILES string of the molecule is CC(=O)Nc1cc2nc(N)nnc2cc1-c1ccccc1C. The van der Waals surface area contributed by atoms with E-state index in [9.17, 15) is 4.79 Å². The highest BCUT2D eigenvalue weighted by Crippen LogP contribution is 2.33. The van der Waals surface area contributed by atoms with Crippen molar-refractivity contribution in [3.8, 4) is 11.1 Å². The van der Waals surface area contributed by atoms with E-state index in [2.05, 4.69) is 20.5 Å². The van der Waals surface area contributed by atoms with E-state index in [0.717, 1.165) is 16.7 Å². The number of nitrogens with one attached hydrogen (secondary N) is 1. The summed E-state index contributed by atoms with van der Waals surface area (Å²) in [4.78, 5) is 15.7. The maximum atomic E-state index is 11.5. The first kappa shape index (κ1) is 13.9. The number of nitrogen functional groups attached to an aromatic ring is 1. The molecule has 0 fully saturated rings. The highest BCUT2D eigenvalue weighted by molar-refractivity contribution is 5.99. The van der Waals surface area contributed by atoms with Crippen LogP contribution in [0.15, 0.2) is 36.4 Å². The standard InChI is InChI=1S/C16H15N5O/c1-9-5-3-4-6-11(9)12-7-15-14(19-16(17)21-20-15)8-13(12)18-10(2)22/h3-8H,1-2H3,(H,18,22)(H2,17,19,21). The predicted octanol–water partition coefficient (Wildman–Crippen LogP) is 2.54. The normalized spacial score (nSPS) is 10.6. The van der Waals surface area contributed by atoms with E-state index in [-0.39, 0.29) is 11.9 Å². The largest absolute Gasteiger partial charge is 0.366 e. The van der Waals surface area contributed by atoms with Gasteiger partial charge >= 0.3 is 0 Å². The monoisotopic (exact) mass is 293 g/mol. The molecule has 1 aromatic heterocycles. The van der Waals surface area contributed by atoms with Crippen LogP contribution in [0.1, 0.15) is 12.5 Å². The van der Waals surface area contributed by atoms with Crippen LogP contribution in [-0.4, -0.2) is 21.1 Å². The number of nitrogens with zero attached hydrogens (tertiary/aromatic N) is 3. The van der Waals surface area contributed by atoms with Crippen LogP contribution in [0.25, 0.3) is 22.2 Å². The number of amides is 1. The Balaban J connectivity index is 2.29. The Morgan fingerprint density at radius 3 is 2.59 bits per heavy atom. The van der Waals surface area contributed by atoms with Gasteiger partial charge in [0.2, 0.25) is 11.9 Å². The van der Waals surface area contributed by atoms with Crippen LogP contribution in [0.5, 0.6) is 0 Å². The third-order valence-electron chi connectivity index (χ3n) is 3.36. The van der Waals surface area contributed by atoms with Gasteiger partial charge in [0.15, 0.2) is 0 Å². The Hall–Kier alpha value is -3.02. The molecule has 2 aromatic carbocycles. The van der Waals surface area contributed by atoms with Crippen molar-refractivity contribution in [2.24, 2.45) is 0 Å². The first-order valence-corrected chi connectivity index (χ1v) is 6.82. The topological polar surface area (TPSA) is 93.8 Å². The molecule has 0 aliphatic heterocycles. The number of benzene rings is 2. The second-order valence-electron chi connectivity index (χ2n) is 5.05. The van der Waals surface area contributed by atoms with Gasteiger partial charge in [0.1, 0.15) is 5.52 Å². The molecule has 0 atom stereocenters. The van der Waals surface area contributed by atoms with Crippen LogP contribution in [0.2, 0.25) is 0 Å². The summed E-state index contributed by atoms with van der Waals surface area (Å²) in [6.45, 7) is 3.49. The van der Waals surface area contributed by atoms with Gasteiger partial charge < -0.3 is 11.1 Å². The Labute approximate surface area is 127 Å². The van der Waals surface area contributed by atoms with E-state index in [1.165, 1.54) is 6.92 Å². The molecule has 6 nitrogen and oxygen atoms in total. The average molecular weight is 293 g/mol. The van der Waals surface area contributed by atoms with Crippen molar-refractivity contribution in [1.29, 1.82) is 0 Å². The molecule has 3 aromatic rings. The van der Waals surface area contributed by atoms with Gasteiger partial charge in [-0.15, -0.1) is 10.2 Å². The lowest BCUT2D eigenvalue weighted by atomic mass is 9.98. The molecule has 0 saturated heterocycles. The lowest BCUT2D eigenvalue weighted by Crippen LogP contribution is -2.08. The third kappa shape index (κ3) is 2.58. The molecule has 3 rings (SSSR count). The summed E-state index contributed by atoms with van der Waals surface area (Å²) in [5.41, 5.74) is 10.5. The van der Waals surface area contributed by atoms with Crippen molar-refractivity contribution in [1.82, 2.24) is 15.2 Å². The zero-order chi connectivity index (χ0) is 15.7. The molecule has 110 valence electrons. The molecule has 0 aliphatic carbocycles. The van der Waals surface area contributed by atoms with Crippen LogP contribution in [0.4, 0.5) is 11.6 Å². The number of hydrogen-bond donors (Lipinski definition) is 2. The minimum atomic E-state index is -0.149. The summed E-state index contributed by atoms with van der Waals surface area (Å²) in [6, 6.07) is 11.6. The van der Waals surface area contributed by atoms with E-state index in [4.69, 9.17) is 5.73 Å². The molecule has 6 heteroatoms. The molecule has 0 spiro atoms. The van der Waals surface area contributed by atoms with Crippen molar-refractivity contribution >= 4 is 28.6 Å². The lowest BCUT2D eigenvalue weighted by Gasteiger charge is -2.13. The fourth-order valence-corrected chi connectivity index (χ4v) is 2.39. The van der Waals surface area contributed by atoms with Crippen molar-refractivity contribution in [3.63, 3.8) is 0 Å². The third-order valence-corrected chi connectivity index (χ3v) is 3.36. The quantitative estimate of drug-likeness (QED) is 0.757. The Kier molecular flexibility index (Phi) is 3.42. The van der Waals surface area contributed by atoms with E-state index in [1.807, 2.05) is 37.3 Å². The van der Waals surface area contributed by atoms with Crippen LogP contribution >= 0.6 is 0 Å². The van der Waals surface area contributed by atoms with Crippen molar-refractivity contribution in [2.45, 2.75) is 13.8 Å². The fourth-order valence-electron chi connectivity index (χ4n) is 2.39. The first-order chi connectivity index (χ1) is 10.5. The Morgan fingerprint density at radius 2 is 1.86 bits per heavy atom. The number of carbonyl (C=O) groups is 1. The minimum absolute atomic E-state index is 0.102. The Bertz CT molecular complexity index is 876. The molecule has 0 radical (unpaired) electrons. The van der Waals surface area contributed by atoms with E-state index in [1.54, 1.807) is 6.07 Å². The maximum Gasteiger partial charge on any atom is 0.240 e. The van der Waals surface area contributed by atoms with Crippen molar-refractivity contribution in [2.75, 3.05) is 11.1 Å². The van der Waals surface area contributed by atoms with Crippen molar-refractivity contribution in [3.05, 3.63) is 42.0 Å². The molecular weight excluding hydrogens is 278 g/mol. The smallest absolute Gasteiger partial charge is 0.240 e. The number of aromatic nitrogens is 3. The van der Waals surface area contributed by atoms with Gasteiger partial charge in [-0.2, -0.15) is 0 Å². The zero-order valence-electron chi connectivity index (χ0n) is 12.3. The van der Waals surface area contributed by atoms with Crippen LogP contribution < -0.4 is 11.1 Å². The molecule has 3 N–H and O–H groups in total. The maximum absolute atomic E-state index is 11.5. The summed E-state index contributed by atoms with van der Waals surface area (Å²) < 4.78 is 0. The van der Waals surface area contributed by atoms with Gasteiger partial charge in [0.25, 0.3) is 0 Å². The van der Waals surface area contributed by atoms with Gasteiger partial charge in [0, 0.05) is 12.5 Å². The minimum Gasteiger partial charge on any atom is -0.366 e. The summed E-state index contributed by atoms with van der Waals surface area (Å²) in [7, 11) is 0. The molecule has 0 bridgehead atoms. The number of nitrogens with two attached hydrogens (primary N) is 1. The number of carbonyl (C=O) groups excluding carboxylic acids is 1. The number of fused-ring (bicyclic) bond motifs is 1. The van der Waals surface area contributed by atoms with Crippen LogP contribution in [0, 0.1) is 6.92 Å². The van der Waals surface area contributed by atoms with Gasteiger partial charge in [-0.25, -0.2) is 4.98 Å². The Morgan fingerprint density at radius 1 is 1.09 bits per heavy atom. The van der Waals surface area contributed by atoms with Crippen molar-refractivity contribution < 1.29 is 4.79 Å².